The molecule has 2 fully saturated rings. The van der Waals surface area contributed by atoms with Crippen molar-refractivity contribution >= 4 is 11.6 Å². The van der Waals surface area contributed by atoms with Crippen molar-refractivity contribution in [3.63, 3.8) is 0 Å². The number of hydrogen-bond donors (Lipinski definition) is 1. The number of hydrogen-bond acceptors (Lipinski definition) is 1. The van der Waals surface area contributed by atoms with Crippen LogP contribution in [0, 0.1) is 17.8 Å². The highest BCUT2D eigenvalue weighted by molar-refractivity contribution is 6.30. The van der Waals surface area contributed by atoms with Crippen LogP contribution in [0.4, 0.5) is 0 Å². The zero-order valence-electron chi connectivity index (χ0n) is 8.70. The fourth-order valence-electron chi connectivity index (χ4n) is 3.32. The van der Waals surface area contributed by atoms with E-state index >= 15 is 0 Å². The Labute approximate surface area is 95.6 Å². The minimum absolute atomic E-state index is 0.234. The summed E-state index contributed by atoms with van der Waals surface area (Å²) in [6.45, 7) is 0. The van der Waals surface area contributed by atoms with E-state index in [1.165, 1.54) is 24.8 Å². The van der Waals surface area contributed by atoms with E-state index in [1.807, 2.05) is 12.1 Å². The Balaban J connectivity index is 1.75. The minimum Gasteiger partial charge on any atom is -0.324 e. The number of halogens is 1. The molecule has 1 aromatic carbocycles. The number of nitrogens with two attached hydrogens (primary N) is 1. The van der Waals surface area contributed by atoms with E-state index in [2.05, 4.69) is 12.1 Å². The molecule has 0 aliphatic heterocycles. The molecule has 3 atom stereocenters. The third-order valence-electron chi connectivity index (χ3n) is 4.14. The van der Waals surface area contributed by atoms with Gasteiger partial charge in [-0.15, -0.1) is 0 Å². The van der Waals surface area contributed by atoms with Gasteiger partial charge in [-0.3, -0.25) is 0 Å². The summed E-state index contributed by atoms with van der Waals surface area (Å²) in [5.74, 6) is 2.60. The molecule has 0 bridgehead atoms. The highest BCUT2D eigenvalue weighted by atomic mass is 35.5. The maximum absolute atomic E-state index is 6.30. The van der Waals surface area contributed by atoms with E-state index in [4.69, 9.17) is 17.3 Å². The smallest absolute Gasteiger partial charge is 0.0406 e. The zero-order chi connectivity index (χ0) is 10.4. The Morgan fingerprint density at radius 1 is 1.13 bits per heavy atom. The quantitative estimate of drug-likeness (QED) is 0.814. The second-order valence-electron chi connectivity index (χ2n) is 4.91. The largest absolute Gasteiger partial charge is 0.324 e. The maximum atomic E-state index is 6.30. The summed E-state index contributed by atoms with van der Waals surface area (Å²) in [5, 5.41) is 0.793. The molecule has 2 aliphatic carbocycles. The normalized spacial score (nSPS) is 34.9. The molecule has 2 N–H and O–H groups in total. The van der Waals surface area contributed by atoms with E-state index in [9.17, 15) is 0 Å². The van der Waals surface area contributed by atoms with Crippen molar-refractivity contribution in [1.29, 1.82) is 0 Å². The van der Waals surface area contributed by atoms with Crippen LogP contribution in [-0.4, -0.2) is 0 Å². The van der Waals surface area contributed by atoms with Gasteiger partial charge < -0.3 is 5.73 Å². The van der Waals surface area contributed by atoms with Crippen molar-refractivity contribution in [3.8, 4) is 0 Å². The molecule has 0 spiro atoms. The Morgan fingerprint density at radius 3 is 2.33 bits per heavy atom. The number of benzene rings is 1. The van der Waals surface area contributed by atoms with Gasteiger partial charge in [0, 0.05) is 11.1 Å². The maximum Gasteiger partial charge on any atom is 0.0406 e. The van der Waals surface area contributed by atoms with Crippen LogP contribution in [0.2, 0.25) is 5.02 Å². The Kier molecular flexibility index (Phi) is 2.26. The predicted molar refractivity (Wildman–Crippen MR) is 62.7 cm³/mol. The lowest BCUT2D eigenvalue weighted by Gasteiger charge is -2.14. The standard InChI is InChI=1S/C13H16ClN/c14-9-6-4-8(5-7-9)13(15)12-10-2-1-3-11(10)12/h4-7,10-13H,1-3,15H2. The van der Waals surface area contributed by atoms with Crippen LogP contribution in [-0.2, 0) is 0 Å². The molecule has 0 saturated heterocycles. The number of rotatable bonds is 2. The third-order valence-corrected chi connectivity index (χ3v) is 4.39. The van der Waals surface area contributed by atoms with Crippen LogP contribution < -0.4 is 5.73 Å². The molecule has 1 aromatic rings. The van der Waals surface area contributed by atoms with Crippen LogP contribution in [0.5, 0.6) is 0 Å². The van der Waals surface area contributed by atoms with Crippen molar-refractivity contribution in [3.05, 3.63) is 34.9 Å². The van der Waals surface area contributed by atoms with Gasteiger partial charge in [0.05, 0.1) is 0 Å². The molecule has 0 aromatic heterocycles. The summed E-state index contributed by atoms with van der Waals surface area (Å²) in [4.78, 5) is 0. The predicted octanol–water partition coefficient (Wildman–Crippen LogP) is 3.39. The van der Waals surface area contributed by atoms with Crippen molar-refractivity contribution in [1.82, 2.24) is 0 Å². The first-order chi connectivity index (χ1) is 7.27. The van der Waals surface area contributed by atoms with Gasteiger partial charge in [0.2, 0.25) is 0 Å². The fraction of sp³-hybridized carbons (Fsp3) is 0.538. The van der Waals surface area contributed by atoms with Crippen LogP contribution in [0.3, 0.4) is 0 Å². The van der Waals surface area contributed by atoms with E-state index in [1.54, 1.807) is 0 Å². The lowest BCUT2D eigenvalue weighted by molar-refractivity contribution is 0.502. The molecule has 0 amide bonds. The van der Waals surface area contributed by atoms with E-state index in [-0.39, 0.29) is 6.04 Å². The van der Waals surface area contributed by atoms with Gasteiger partial charge in [0.1, 0.15) is 0 Å². The molecular formula is C13H16ClN. The van der Waals surface area contributed by atoms with Gasteiger partial charge in [0.25, 0.3) is 0 Å². The van der Waals surface area contributed by atoms with Crippen molar-refractivity contribution in [2.75, 3.05) is 0 Å². The first-order valence-electron chi connectivity index (χ1n) is 5.78. The van der Waals surface area contributed by atoms with Crippen molar-refractivity contribution < 1.29 is 0 Å². The molecule has 3 rings (SSSR count). The molecule has 1 nitrogen and oxygen atoms in total. The zero-order valence-corrected chi connectivity index (χ0v) is 9.45. The lowest BCUT2D eigenvalue weighted by atomic mass is 9.98. The minimum atomic E-state index is 0.234. The Hall–Kier alpha value is -0.530. The topological polar surface area (TPSA) is 26.0 Å². The van der Waals surface area contributed by atoms with Crippen LogP contribution in [0.1, 0.15) is 30.9 Å². The molecule has 0 radical (unpaired) electrons. The van der Waals surface area contributed by atoms with Crippen LogP contribution >= 0.6 is 11.6 Å². The molecule has 2 aliphatic rings. The Morgan fingerprint density at radius 2 is 1.73 bits per heavy atom. The van der Waals surface area contributed by atoms with Gasteiger partial charge in [0.15, 0.2) is 0 Å². The monoisotopic (exact) mass is 221 g/mol. The second kappa shape index (κ2) is 3.50. The first kappa shape index (κ1) is 9.68. The van der Waals surface area contributed by atoms with Crippen molar-refractivity contribution in [2.24, 2.45) is 23.5 Å². The molecule has 3 unspecified atom stereocenters. The van der Waals surface area contributed by atoms with Gasteiger partial charge in [-0.2, -0.15) is 0 Å². The average molecular weight is 222 g/mol. The van der Waals surface area contributed by atoms with E-state index in [0.29, 0.717) is 0 Å². The first-order valence-corrected chi connectivity index (χ1v) is 6.16. The van der Waals surface area contributed by atoms with Crippen LogP contribution in [0.25, 0.3) is 0 Å². The second-order valence-corrected chi connectivity index (χ2v) is 5.35. The summed E-state index contributed by atoms with van der Waals surface area (Å²) >= 11 is 5.87. The summed E-state index contributed by atoms with van der Waals surface area (Å²) < 4.78 is 0. The number of fused-ring (bicyclic) bond motifs is 1. The Bertz CT molecular complexity index is 349. The summed E-state index contributed by atoms with van der Waals surface area (Å²) in [6.07, 6.45) is 4.21. The third kappa shape index (κ3) is 1.58. The van der Waals surface area contributed by atoms with Gasteiger partial charge in [-0.1, -0.05) is 30.2 Å². The molecular weight excluding hydrogens is 206 g/mol. The van der Waals surface area contributed by atoms with E-state index in [0.717, 1.165) is 22.8 Å². The van der Waals surface area contributed by atoms with Gasteiger partial charge in [-0.25, -0.2) is 0 Å². The molecule has 2 saturated carbocycles. The average Bonchev–Trinajstić information content (AvgIpc) is 2.72. The molecule has 15 heavy (non-hydrogen) atoms. The summed E-state index contributed by atoms with van der Waals surface area (Å²) in [6, 6.07) is 8.25. The van der Waals surface area contributed by atoms with Crippen LogP contribution in [0.15, 0.2) is 24.3 Å². The molecule has 0 heterocycles. The summed E-state index contributed by atoms with van der Waals surface area (Å²) in [5.41, 5.74) is 7.55. The highest BCUT2D eigenvalue weighted by Gasteiger charge is 2.55. The lowest BCUT2D eigenvalue weighted by Crippen LogP contribution is -2.15. The van der Waals surface area contributed by atoms with Gasteiger partial charge in [-0.05, 0) is 48.3 Å². The molecule has 80 valence electrons. The fourth-order valence-corrected chi connectivity index (χ4v) is 3.44. The SMILES string of the molecule is NC(c1ccc(Cl)cc1)C1C2CCCC21. The van der Waals surface area contributed by atoms with Crippen molar-refractivity contribution in [2.45, 2.75) is 25.3 Å². The highest BCUT2D eigenvalue weighted by Crippen LogP contribution is 2.61. The molecule has 2 heteroatoms. The van der Waals surface area contributed by atoms with E-state index < -0.39 is 0 Å². The summed E-state index contributed by atoms with van der Waals surface area (Å²) in [7, 11) is 0. The van der Waals surface area contributed by atoms with Gasteiger partial charge >= 0.3 is 0 Å².